The van der Waals surface area contributed by atoms with Crippen LogP contribution in [0, 0.1) is 18.2 Å². The highest BCUT2D eigenvalue weighted by atomic mass is 35.5. The van der Waals surface area contributed by atoms with Crippen LogP contribution < -0.4 is 9.64 Å². The van der Waals surface area contributed by atoms with Gasteiger partial charge < -0.3 is 19.1 Å². The first kappa shape index (κ1) is 33.7. The minimum atomic E-state index is -0.986. The highest BCUT2D eigenvalue weighted by Crippen LogP contribution is 2.46. The maximum Gasteiger partial charge on any atom is 0.340 e. The lowest BCUT2D eigenvalue weighted by atomic mass is 9.82. The second-order valence-corrected chi connectivity index (χ2v) is 14.0. The van der Waals surface area contributed by atoms with Crippen LogP contribution in [0.1, 0.15) is 84.2 Å². The van der Waals surface area contributed by atoms with Crippen molar-refractivity contribution in [2.75, 3.05) is 24.6 Å². The Kier molecular flexibility index (Phi) is 10.6. The zero-order valence-electron chi connectivity index (χ0n) is 27.3. The molecule has 0 bridgehead atoms. The highest BCUT2D eigenvalue weighted by Gasteiger charge is 2.38. The number of rotatable bonds is 10. The van der Waals surface area contributed by atoms with Crippen molar-refractivity contribution in [3.05, 3.63) is 76.3 Å². The van der Waals surface area contributed by atoms with Gasteiger partial charge in [-0.2, -0.15) is 0 Å². The zero-order chi connectivity index (χ0) is 32.2. The summed E-state index contributed by atoms with van der Waals surface area (Å²) in [7, 11) is 0. The molecule has 0 aliphatic carbocycles. The predicted molar refractivity (Wildman–Crippen MR) is 175 cm³/mol. The van der Waals surface area contributed by atoms with E-state index in [9.17, 15) is 9.18 Å². The van der Waals surface area contributed by atoms with Gasteiger partial charge in [0.05, 0.1) is 24.0 Å². The van der Waals surface area contributed by atoms with E-state index in [1.807, 2.05) is 65.8 Å². The third-order valence-corrected chi connectivity index (χ3v) is 8.08. The first-order valence-electron chi connectivity index (χ1n) is 15.4. The SMILES string of the molecule is Cc1nc(Cl)c(-c2ccc(OCCc3ccc(F)cc3)cc2)c(N2CCC(C)(C)CC2)c1[C@H](OC(C)(C)C)C(=O)OC(C)C. The first-order chi connectivity index (χ1) is 20.6. The van der Waals surface area contributed by atoms with Gasteiger partial charge in [-0.1, -0.05) is 49.7 Å². The van der Waals surface area contributed by atoms with Gasteiger partial charge in [0.25, 0.3) is 0 Å². The van der Waals surface area contributed by atoms with E-state index in [0.29, 0.717) is 35.2 Å². The summed E-state index contributed by atoms with van der Waals surface area (Å²) in [5, 5.41) is 0.364. The summed E-state index contributed by atoms with van der Waals surface area (Å²) in [6.45, 7) is 18.0. The number of aryl methyl sites for hydroxylation is 1. The number of anilines is 1. The first-order valence-corrected chi connectivity index (χ1v) is 15.8. The average molecular weight is 625 g/mol. The van der Waals surface area contributed by atoms with Crippen LogP contribution >= 0.6 is 11.6 Å². The van der Waals surface area contributed by atoms with Gasteiger partial charge in [0.1, 0.15) is 16.7 Å². The van der Waals surface area contributed by atoms with Gasteiger partial charge in [-0.3, -0.25) is 0 Å². The Morgan fingerprint density at radius 1 is 1.05 bits per heavy atom. The molecule has 4 rings (SSSR count). The van der Waals surface area contributed by atoms with Crippen molar-refractivity contribution in [1.82, 2.24) is 4.98 Å². The van der Waals surface area contributed by atoms with Gasteiger partial charge in [0.2, 0.25) is 0 Å². The normalized spacial score (nSPS) is 15.8. The summed E-state index contributed by atoms with van der Waals surface area (Å²) in [4.78, 5) is 20.7. The number of carbonyl (C=O) groups is 1. The topological polar surface area (TPSA) is 60.9 Å². The van der Waals surface area contributed by atoms with Gasteiger partial charge in [-0.15, -0.1) is 0 Å². The Balaban J connectivity index is 1.75. The minimum Gasteiger partial charge on any atom is -0.493 e. The molecule has 1 fully saturated rings. The smallest absolute Gasteiger partial charge is 0.340 e. The Labute approximate surface area is 266 Å². The van der Waals surface area contributed by atoms with Crippen LogP contribution in [0.4, 0.5) is 10.1 Å². The molecular weight excluding hydrogens is 579 g/mol. The van der Waals surface area contributed by atoms with Crippen LogP contribution in [0.5, 0.6) is 5.75 Å². The number of carbonyl (C=O) groups excluding carboxylic acids is 1. The van der Waals surface area contributed by atoms with Crippen molar-refractivity contribution in [3.63, 3.8) is 0 Å². The van der Waals surface area contributed by atoms with Gasteiger partial charge >= 0.3 is 5.97 Å². The van der Waals surface area contributed by atoms with E-state index in [4.69, 9.17) is 30.8 Å². The second-order valence-electron chi connectivity index (χ2n) is 13.6. The van der Waals surface area contributed by atoms with E-state index in [1.165, 1.54) is 12.1 Å². The summed E-state index contributed by atoms with van der Waals surface area (Å²) in [6, 6.07) is 14.2. The molecule has 0 N–H and O–H groups in total. The quantitative estimate of drug-likeness (QED) is 0.166. The van der Waals surface area contributed by atoms with Crippen LogP contribution in [0.15, 0.2) is 48.5 Å². The molecule has 0 saturated carbocycles. The fraction of sp³-hybridized carbons (Fsp3) is 0.500. The molecule has 0 unspecified atom stereocenters. The van der Waals surface area contributed by atoms with Crippen molar-refractivity contribution in [3.8, 4) is 16.9 Å². The molecule has 1 aliphatic rings. The van der Waals surface area contributed by atoms with E-state index >= 15 is 0 Å². The molecule has 44 heavy (non-hydrogen) atoms. The Hall–Kier alpha value is -3.16. The lowest BCUT2D eigenvalue weighted by Crippen LogP contribution is -2.39. The minimum absolute atomic E-state index is 0.216. The van der Waals surface area contributed by atoms with Crippen LogP contribution in [-0.2, 0) is 20.7 Å². The Bertz CT molecular complexity index is 1420. The molecule has 8 heteroatoms. The molecule has 238 valence electrons. The van der Waals surface area contributed by atoms with Crippen molar-refractivity contribution in [2.24, 2.45) is 5.41 Å². The Morgan fingerprint density at radius 3 is 2.23 bits per heavy atom. The van der Waals surface area contributed by atoms with E-state index in [2.05, 4.69) is 18.7 Å². The van der Waals surface area contributed by atoms with Crippen LogP contribution in [0.3, 0.4) is 0 Å². The number of ether oxygens (including phenoxy) is 3. The molecule has 0 amide bonds. The molecule has 1 aromatic heterocycles. The molecule has 1 aliphatic heterocycles. The number of hydrogen-bond donors (Lipinski definition) is 0. The van der Waals surface area contributed by atoms with Gasteiger partial charge in [0.15, 0.2) is 6.10 Å². The number of benzene rings is 2. The lowest BCUT2D eigenvalue weighted by molar-refractivity contribution is -0.171. The van der Waals surface area contributed by atoms with E-state index in [1.54, 1.807) is 12.1 Å². The molecule has 2 heterocycles. The summed E-state index contributed by atoms with van der Waals surface area (Å²) in [6.07, 6.45) is 1.36. The fourth-order valence-electron chi connectivity index (χ4n) is 5.43. The number of aromatic nitrogens is 1. The van der Waals surface area contributed by atoms with Crippen LogP contribution in [0.25, 0.3) is 11.1 Å². The van der Waals surface area contributed by atoms with Crippen LogP contribution in [-0.4, -0.2) is 42.4 Å². The predicted octanol–water partition coefficient (Wildman–Crippen LogP) is 8.91. The second kappa shape index (κ2) is 13.9. The highest BCUT2D eigenvalue weighted by molar-refractivity contribution is 6.33. The van der Waals surface area contributed by atoms with Gasteiger partial charge in [-0.25, -0.2) is 14.2 Å². The fourth-order valence-corrected chi connectivity index (χ4v) is 5.75. The maximum absolute atomic E-state index is 13.7. The summed E-state index contributed by atoms with van der Waals surface area (Å²) in [5.74, 6) is 0.0120. The van der Waals surface area contributed by atoms with Crippen molar-refractivity contribution in [2.45, 2.75) is 92.5 Å². The van der Waals surface area contributed by atoms with Crippen molar-refractivity contribution in [1.29, 1.82) is 0 Å². The molecule has 0 radical (unpaired) electrons. The molecular formula is C36H46ClFN2O4. The number of hydrogen-bond acceptors (Lipinski definition) is 6. The van der Waals surface area contributed by atoms with E-state index in [0.717, 1.165) is 48.3 Å². The van der Waals surface area contributed by atoms with Crippen molar-refractivity contribution < 1.29 is 23.4 Å². The summed E-state index contributed by atoms with van der Waals surface area (Å²) >= 11 is 6.97. The molecule has 1 saturated heterocycles. The van der Waals surface area contributed by atoms with Crippen LogP contribution in [0.2, 0.25) is 5.15 Å². The third-order valence-electron chi connectivity index (χ3n) is 7.80. The average Bonchev–Trinajstić information content (AvgIpc) is 2.92. The largest absolute Gasteiger partial charge is 0.493 e. The number of piperidine rings is 1. The number of nitrogens with zero attached hydrogens (tertiary/aromatic N) is 2. The molecule has 3 aromatic rings. The van der Waals surface area contributed by atoms with Gasteiger partial charge in [-0.05, 0) is 95.2 Å². The lowest BCUT2D eigenvalue weighted by Gasteiger charge is -2.41. The summed E-state index contributed by atoms with van der Waals surface area (Å²) in [5.41, 5.74) is 4.39. The maximum atomic E-state index is 13.7. The molecule has 6 nitrogen and oxygen atoms in total. The van der Waals surface area contributed by atoms with Crippen molar-refractivity contribution >= 4 is 23.3 Å². The zero-order valence-corrected chi connectivity index (χ0v) is 28.1. The van der Waals surface area contributed by atoms with E-state index in [-0.39, 0.29) is 17.3 Å². The summed E-state index contributed by atoms with van der Waals surface area (Å²) < 4.78 is 31.4. The standard InChI is InChI=1S/C36H46ClFN2O4/c1-23(2)43-34(41)32(44-35(4,5)6)29-24(3)39-33(37)30(31(29)40-20-18-36(7,8)19-21-40)26-11-15-28(16-12-26)42-22-17-25-9-13-27(38)14-10-25/h9-16,23,32H,17-22H2,1-8H3/t32-/m0/s1. The van der Waals surface area contributed by atoms with Gasteiger partial charge in [0, 0.05) is 36.3 Å². The molecule has 2 aromatic carbocycles. The third kappa shape index (κ3) is 8.72. The number of halogens is 2. The monoisotopic (exact) mass is 624 g/mol. The molecule has 1 atom stereocenters. The Morgan fingerprint density at radius 2 is 1.66 bits per heavy atom. The number of pyridine rings is 1. The van der Waals surface area contributed by atoms with E-state index < -0.39 is 17.7 Å². The molecule has 0 spiro atoms. The number of esters is 1.